The van der Waals surface area contributed by atoms with Crippen LogP contribution in [0.4, 0.5) is 0 Å². The Morgan fingerprint density at radius 1 is 1.32 bits per heavy atom. The normalized spacial score (nSPS) is 11.5. The molecule has 0 unspecified atom stereocenters. The zero-order valence-electron chi connectivity index (χ0n) is 12.0. The van der Waals surface area contributed by atoms with Crippen molar-refractivity contribution in [1.29, 1.82) is 5.41 Å². The Labute approximate surface area is 115 Å². The molecule has 1 aromatic heterocycles. The third-order valence-electron chi connectivity index (χ3n) is 3.30. The van der Waals surface area contributed by atoms with Crippen molar-refractivity contribution in [3.8, 4) is 0 Å². The average Bonchev–Trinajstić information content (AvgIpc) is 2.38. The van der Waals surface area contributed by atoms with Crippen molar-refractivity contribution < 1.29 is 4.74 Å². The molecule has 19 heavy (non-hydrogen) atoms. The van der Waals surface area contributed by atoms with Gasteiger partial charge in [0.2, 0.25) is 0 Å². The summed E-state index contributed by atoms with van der Waals surface area (Å²) in [6.45, 7) is 5.50. The summed E-state index contributed by atoms with van der Waals surface area (Å²) in [5.74, 6) is 0.267. The summed E-state index contributed by atoms with van der Waals surface area (Å²) in [6, 6.07) is 5.92. The predicted molar refractivity (Wildman–Crippen MR) is 78.3 cm³/mol. The first kappa shape index (κ1) is 15.6. The van der Waals surface area contributed by atoms with E-state index in [-0.39, 0.29) is 11.3 Å². The molecular formula is C15H25N3O. The Hall–Kier alpha value is -1.42. The van der Waals surface area contributed by atoms with E-state index in [0.29, 0.717) is 6.61 Å². The molecule has 0 saturated heterocycles. The maximum atomic E-state index is 7.48. The molecule has 4 heteroatoms. The maximum absolute atomic E-state index is 7.48. The lowest BCUT2D eigenvalue weighted by Gasteiger charge is -2.22. The van der Waals surface area contributed by atoms with Gasteiger partial charge in [0.25, 0.3) is 0 Å². The second-order valence-corrected chi connectivity index (χ2v) is 5.44. The monoisotopic (exact) mass is 263 g/mol. The topological polar surface area (TPSA) is 72.0 Å². The number of hydrogen-bond donors (Lipinski definition) is 2. The zero-order valence-corrected chi connectivity index (χ0v) is 12.0. The van der Waals surface area contributed by atoms with Gasteiger partial charge in [0.15, 0.2) is 0 Å². The van der Waals surface area contributed by atoms with Crippen LogP contribution in [0.15, 0.2) is 24.4 Å². The van der Waals surface area contributed by atoms with E-state index in [9.17, 15) is 0 Å². The number of unbranched alkanes of at least 4 members (excludes halogenated alkanes) is 1. The van der Waals surface area contributed by atoms with Gasteiger partial charge in [-0.1, -0.05) is 26.3 Å². The van der Waals surface area contributed by atoms with Gasteiger partial charge in [0, 0.05) is 30.3 Å². The fraction of sp³-hybridized carbons (Fsp3) is 0.600. The summed E-state index contributed by atoms with van der Waals surface area (Å²) in [5.41, 5.74) is 6.43. The first-order valence-corrected chi connectivity index (χ1v) is 6.84. The van der Waals surface area contributed by atoms with Crippen molar-refractivity contribution in [2.24, 2.45) is 11.1 Å². The van der Waals surface area contributed by atoms with Crippen LogP contribution in [0.1, 0.15) is 38.8 Å². The van der Waals surface area contributed by atoms with Gasteiger partial charge in [0.1, 0.15) is 0 Å². The van der Waals surface area contributed by atoms with Crippen LogP contribution in [-0.4, -0.2) is 24.0 Å². The van der Waals surface area contributed by atoms with Crippen LogP contribution in [0.3, 0.4) is 0 Å². The molecule has 106 valence electrons. The minimum Gasteiger partial charge on any atom is -0.387 e. The number of rotatable bonds is 9. The van der Waals surface area contributed by atoms with Gasteiger partial charge in [-0.2, -0.15) is 0 Å². The number of hydrogen-bond acceptors (Lipinski definition) is 3. The smallest absolute Gasteiger partial charge is 0.0963 e. The number of aromatic nitrogens is 1. The first-order valence-electron chi connectivity index (χ1n) is 6.84. The highest BCUT2D eigenvalue weighted by Gasteiger charge is 2.20. The van der Waals surface area contributed by atoms with Gasteiger partial charge < -0.3 is 10.5 Å². The van der Waals surface area contributed by atoms with E-state index in [0.717, 1.165) is 38.0 Å². The lowest BCUT2D eigenvalue weighted by atomic mass is 9.86. The molecule has 0 amide bonds. The highest BCUT2D eigenvalue weighted by atomic mass is 16.5. The lowest BCUT2D eigenvalue weighted by Crippen LogP contribution is -2.30. The second-order valence-electron chi connectivity index (χ2n) is 5.44. The third-order valence-corrected chi connectivity index (χ3v) is 3.30. The Morgan fingerprint density at radius 3 is 2.74 bits per heavy atom. The van der Waals surface area contributed by atoms with E-state index < -0.39 is 0 Å². The van der Waals surface area contributed by atoms with Crippen molar-refractivity contribution in [3.63, 3.8) is 0 Å². The van der Waals surface area contributed by atoms with E-state index in [4.69, 9.17) is 15.9 Å². The van der Waals surface area contributed by atoms with Crippen LogP contribution in [0.25, 0.3) is 0 Å². The van der Waals surface area contributed by atoms with Gasteiger partial charge in [0.05, 0.1) is 12.4 Å². The number of nitrogens with zero attached hydrogens (tertiary/aromatic N) is 1. The third kappa shape index (κ3) is 6.34. The molecule has 0 atom stereocenters. The van der Waals surface area contributed by atoms with E-state index in [1.54, 1.807) is 6.20 Å². The number of ether oxygens (including phenoxy) is 1. The molecule has 1 rings (SSSR count). The molecule has 0 aliphatic carbocycles. The zero-order chi connectivity index (χ0) is 14.1. The quantitative estimate of drug-likeness (QED) is 0.409. The molecule has 0 aromatic carbocycles. The van der Waals surface area contributed by atoms with Crippen LogP contribution in [0.2, 0.25) is 0 Å². The predicted octanol–water partition coefficient (Wildman–Crippen LogP) is 2.77. The maximum Gasteiger partial charge on any atom is 0.0963 e. The van der Waals surface area contributed by atoms with Gasteiger partial charge in [-0.15, -0.1) is 0 Å². The summed E-state index contributed by atoms with van der Waals surface area (Å²) in [5, 5.41) is 7.48. The molecule has 0 aliphatic rings. The highest BCUT2D eigenvalue weighted by Crippen LogP contribution is 2.22. The minimum atomic E-state index is -0.187. The van der Waals surface area contributed by atoms with Crippen molar-refractivity contribution >= 4 is 5.84 Å². The fourth-order valence-electron chi connectivity index (χ4n) is 1.73. The summed E-state index contributed by atoms with van der Waals surface area (Å²) in [4.78, 5) is 4.25. The van der Waals surface area contributed by atoms with Crippen LogP contribution >= 0.6 is 0 Å². The van der Waals surface area contributed by atoms with Gasteiger partial charge in [-0.25, -0.2) is 0 Å². The van der Waals surface area contributed by atoms with Crippen molar-refractivity contribution in [1.82, 2.24) is 4.98 Å². The first-order chi connectivity index (χ1) is 9.02. The van der Waals surface area contributed by atoms with Gasteiger partial charge in [-0.3, -0.25) is 10.4 Å². The Bertz CT molecular complexity index is 376. The number of pyridine rings is 1. The molecule has 0 fully saturated rings. The fourth-order valence-corrected chi connectivity index (χ4v) is 1.73. The van der Waals surface area contributed by atoms with Crippen molar-refractivity contribution in [3.05, 3.63) is 30.1 Å². The number of nitrogens with two attached hydrogens (primary N) is 1. The molecule has 3 N–H and O–H groups in total. The van der Waals surface area contributed by atoms with Crippen LogP contribution in [-0.2, 0) is 11.2 Å². The summed E-state index contributed by atoms with van der Waals surface area (Å²) < 4.78 is 5.59. The van der Waals surface area contributed by atoms with E-state index in [1.807, 2.05) is 32.0 Å². The van der Waals surface area contributed by atoms with Crippen LogP contribution < -0.4 is 5.73 Å². The SMILES string of the molecule is CC(C)(CCCCOCCc1ccccn1)C(=N)N. The van der Waals surface area contributed by atoms with E-state index >= 15 is 0 Å². The molecule has 0 saturated carbocycles. The van der Waals surface area contributed by atoms with E-state index in [1.165, 1.54) is 0 Å². The van der Waals surface area contributed by atoms with Crippen molar-refractivity contribution in [2.45, 2.75) is 39.5 Å². The summed E-state index contributed by atoms with van der Waals surface area (Å²) >= 11 is 0. The molecule has 4 nitrogen and oxygen atoms in total. The lowest BCUT2D eigenvalue weighted by molar-refractivity contribution is 0.131. The molecule has 0 spiro atoms. The number of amidine groups is 1. The van der Waals surface area contributed by atoms with Crippen LogP contribution in [0, 0.1) is 10.8 Å². The Balaban J connectivity index is 2.02. The molecule has 0 bridgehead atoms. The molecule has 0 aliphatic heterocycles. The molecule has 0 radical (unpaired) electrons. The molecule has 1 heterocycles. The summed E-state index contributed by atoms with van der Waals surface area (Å²) in [6.07, 6.45) is 5.65. The average molecular weight is 263 g/mol. The Kier molecular flexibility index (Phi) is 6.50. The minimum absolute atomic E-state index is 0.187. The molecule has 1 aromatic rings. The van der Waals surface area contributed by atoms with Crippen LogP contribution in [0.5, 0.6) is 0 Å². The number of nitrogens with one attached hydrogen (secondary N) is 1. The van der Waals surface area contributed by atoms with Crippen molar-refractivity contribution in [2.75, 3.05) is 13.2 Å². The van der Waals surface area contributed by atoms with Gasteiger partial charge in [-0.05, 0) is 25.0 Å². The molecular weight excluding hydrogens is 238 g/mol. The second kappa shape index (κ2) is 7.89. The van der Waals surface area contributed by atoms with Gasteiger partial charge >= 0.3 is 0 Å². The Morgan fingerprint density at radius 2 is 2.11 bits per heavy atom. The van der Waals surface area contributed by atoms with E-state index in [2.05, 4.69) is 4.98 Å². The summed E-state index contributed by atoms with van der Waals surface area (Å²) in [7, 11) is 0. The standard InChI is InChI=1S/C15H25N3O/c1-15(2,14(16)17)9-4-6-11-19-12-8-13-7-3-5-10-18-13/h3,5,7,10H,4,6,8-9,11-12H2,1-2H3,(H3,16,17). The highest BCUT2D eigenvalue weighted by molar-refractivity contribution is 5.82. The largest absolute Gasteiger partial charge is 0.387 e.